The van der Waals surface area contributed by atoms with Crippen LogP contribution < -0.4 is 4.74 Å². The molecule has 0 heterocycles. The van der Waals surface area contributed by atoms with Crippen molar-refractivity contribution in [2.45, 2.75) is 6.42 Å². The highest BCUT2D eigenvalue weighted by Gasteiger charge is 2.06. The molecule has 0 N–H and O–H groups in total. The van der Waals surface area contributed by atoms with Crippen molar-refractivity contribution in [1.82, 2.24) is 0 Å². The molecule has 0 aliphatic carbocycles. The van der Waals surface area contributed by atoms with E-state index in [-0.39, 0.29) is 5.75 Å². The SMILES string of the molecule is COCCCOc1c(F)cccc1Cl. The van der Waals surface area contributed by atoms with Gasteiger partial charge < -0.3 is 9.47 Å². The van der Waals surface area contributed by atoms with E-state index in [1.165, 1.54) is 6.07 Å². The molecule has 0 atom stereocenters. The van der Waals surface area contributed by atoms with Gasteiger partial charge in [-0.1, -0.05) is 17.7 Å². The van der Waals surface area contributed by atoms with Crippen LogP contribution in [0.2, 0.25) is 5.02 Å². The third-order valence-corrected chi connectivity index (χ3v) is 1.96. The molecule has 0 unspecified atom stereocenters. The molecule has 0 saturated carbocycles. The predicted octanol–water partition coefficient (Wildman–Crippen LogP) is 2.89. The van der Waals surface area contributed by atoms with Crippen molar-refractivity contribution in [3.8, 4) is 5.75 Å². The van der Waals surface area contributed by atoms with Crippen LogP contribution in [0.5, 0.6) is 5.75 Å². The number of benzene rings is 1. The first-order valence-electron chi connectivity index (χ1n) is 4.31. The zero-order chi connectivity index (χ0) is 10.4. The monoisotopic (exact) mass is 218 g/mol. The Morgan fingerprint density at radius 1 is 1.36 bits per heavy atom. The van der Waals surface area contributed by atoms with Crippen LogP contribution in [-0.2, 0) is 4.74 Å². The Morgan fingerprint density at radius 3 is 2.79 bits per heavy atom. The van der Waals surface area contributed by atoms with Gasteiger partial charge in [0, 0.05) is 20.1 Å². The maximum absolute atomic E-state index is 13.1. The van der Waals surface area contributed by atoms with E-state index in [0.717, 1.165) is 0 Å². The summed E-state index contributed by atoms with van der Waals surface area (Å²) in [5, 5.41) is 0.294. The second-order valence-corrected chi connectivity index (χ2v) is 3.15. The van der Waals surface area contributed by atoms with Crippen LogP contribution in [0, 0.1) is 5.82 Å². The van der Waals surface area contributed by atoms with Crippen LogP contribution in [0.3, 0.4) is 0 Å². The highest BCUT2D eigenvalue weighted by Crippen LogP contribution is 2.27. The Balaban J connectivity index is 2.49. The van der Waals surface area contributed by atoms with Gasteiger partial charge in [0.25, 0.3) is 0 Å². The molecule has 1 aromatic rings. The number of ether oxygens (including phenoxy) is 2. The topological polar surface area (TPSA) is 18.5 Å². The van der Waals surface area contributed by atoms with Gasteiger partial charge in [-0.15, -0.1) is 0 Å². The summed E-state index contributed by atoms with van der Waals surface area (Å²) in [7, 11) is 1.61. The molecule has 0 radical (unpaired) electrons. The second kappa shape index (κ2) is 5.83. The van der Waals surface area contributed by atoms with E-state index in [1.807, 2.05) is 0 Å². The second-order valence-electron chi connectivity index (χ2n) is 2.75. The summed E-state index contributed by atoms with van der Waals surface area (Å²) in [6.45, 7) is 0.987. The molecule has 0 bridgehead atoms. The summed E-state index contributed by atoms with van der Waals surface area (Å²) in [4.78, 5) is 0. The molecule has 1 aromatic carbocycles. The number of halogens is 2. The Hall–Kier alpha value is -0.800. The van der Waals surface area contributed by atoms with E-state index < -0.39 is 5.82 Å². The van der Waals surface area contributed by atoms with Crippen molar-refractivity contribution in [1.29, 1.82) is 0 Å². The lowest BCUT2D eigenvalue weighted by atomic mass is 10.3. The van der Waals surface area contributed by atoms with Crippen molar-refractivity contribution in [3.05, 3.63) is 29.0 Å². The molecule has 0 saturated heterocycles. The lowest BCUT2D eigenvalue weighted by Gasteiger charge is -2.08. The first kappa shape index (κ1) is 11.3. The van der Waals surface area contributed by atoms with Crippen LogP contribution in [0.1, 0.15) is 6.42 Å². The van der Waals surface area contributed by atoms with Gasteiger partial charge in [0.15, 0.2) is 11.6 Å². The van der Waals surface area contributed by atoms with E-state index in [4.69, 9.17) is 21.1 Å². The summed E-state index contributed by atoms with van der Waals surface area (Å²) in [5.74, 6) is -0.319. The van der Waals surface area contributed by atoms with Crippen molar-refractivity contribution in [2.75, 3.05) is 20.3 Å². The molecule has 0 amide bonds. The van der Waals surface area contributed by atoms with E-state index in [0.29, 0.717) is 24.7 Å². The van der Waals surface area contributed by atoms with E-state index in [2.05, 4.69) is 0 Å². The van der Waals surface area contributed by atoms with E-state index in [9.17, 15) is 4.39 Å². The van der Waals surface area contributed by atoms with Crippen molar-refractivity contribution >= 4 is 11.6 Å². The van der Waals surface area contributed by atoms with Gasteiger partial charge in [-0.3, -0.25) is 0 Å². The molecular weight excluding hydrogens is 207 g/mol. The predicted molar refractivity (Wildman–Crippen MR) is 53.4 cm³/mol. The van der Waals surface area contributed by atoms with Gasteiger partial charge in [0.2, 0.25) is 0 Å². The minimum Gasteiger partial charge on any atom is -0.489 e. The minimum absolute atomic E-state index is 0.116. The number of hydrogen-bond acceptors (Lipinski definition) is 2. The fourth-order valence-electron chi connectivity index (χ4n) is 0.998. The average Bonchev–Trinajstić information content (AvgIpc) is 2.16. The number of para-hydroxylation sites is 1. The molecule has 14 heavy (non-hydrogen) atoms. The Kier molecular flexibility index (Phi) is 4.70. The van der Waals surface area contributed by atoms with Gasteiger partial charge in [-0.05, 0) is 12.1 Å². The van der Waals surface area contributed by atoms with Crippen LogP contribution in [0.4, 0.5) is 4.39 Å². The van der Waals surface area contributed by atoms with E-state index >= 15 is 0 Å². The quantitative estimate of drug-likeness (QED) is 0.708. The lowest BCUT2D eigenvalue weighted by molar-refractivity contribution is 0.170. The Morgan fingerprint density at radius 2 is 2.14 bits per heavy atom. The fourth-order valence-corrected chi connectivity index (χ4v) is 1.22. The largest absolute Gasteiger partial charge is 0.489 e. The smallest absolute Gasteiger partial charge is 0.173 e. The van der Waals surface area contributed by atoms with Crippen LogP contribution in [0.25, 0.3) is 0 Å². The zero-order valence-corrected chi connectivity index (χ0v) is 8.68. The Labute approximate surface area is 87.6 Å². The van der Waals surface area contributed by atoms with Gasteiger partial charge in [0.1, 0.15) is 0 Å². The lowest BCUT2D eigenvalue weighted by Crippen LogP contribution is -2.02. The molecule has 78 valence electrons. The summed E-state index contributed by atoms with van der Waals surface area (Å²) < 4.78 is 23.1. The van der Waals surface area contributed by atoms with Crippen LogP contribution in [-0.4, -0.2) is 20.3 Å². The van der Waals surface area contributed by atoms with Crippen LogP contribution >= 0.6 is 11.6 Å². The molecule has 0 aliphatic rings. The molecular formula is C10H12ClFO2. The van der Waals surface area contributed by atoms with E-state index in [1.54, 1.807) is 19.2 Å². The highest BCUT2D eigenvalue weighted by atomic mass is 35.5. The van der Waals surface area contributed by atoms with Crippen molar-refractivity contribution in [3.63, 3.8) is 0 Å². The van der Waals surface area contributed by atoms with Gasteiger partial charge >= 0.3 is 0 Å². The molecule has 0 aromatic heterocycles. The van der Waals surface area contributed by atoms with Crippen molar-refractivity contribution < 1.29 is 13.9 Å². The Bertz CT molecular complexity index is 271. The number of rotatable bonds is 5. The number of methoxy groups -OCH3 is 1. The zero-order valence-electron chi connectivity index (χ0n) is 7.93. The number of hydrogen-bond donors (Lipinski definition) is 0. The maximum Gasteiger partial charge on any atom is 0.173 e. The highest BCUT2D eigenvalue weighted by molar-refractivity contribution is 6.32. The molecule has 0 spiro atoms. The first-order valence-corrected chi connectivity index (χ1v) is 4.69. The molecule has 0 fully saturated rings. The normalized spacial score (nSPS) is 10.2. The van der Waals surface area contributed by atoms with Gasteiger partial charge in [0.05, 0.1) is 11.6 Å². The third kappa shape index (κ3) is 3.16. The van der Waals surface area contributed by atoms with Gasteiger partial charge in [-0.25, -0.2) is 4.39 Å². The molecule has 0 aliphatic heterocycles. The summed E-state index contributed by atoms with van der Waals surface area (Å²) in [6, 6.07) is 4.45. The minimum atomic E-state index is -0.435. The third-order valence-electron chi connectivity index (χ3n) is 1.66. The summed E-state index contributed by atoms with van der Waals surface area (Å²) >= 11 is 5.75. The average molecular weight is 219 g/mol. The maximum atomic E-state index is 13.1. The molecule has 1 rings (SSSR count). The van der Waals surface area contributed by atoms with Gasteiger partial charge in [-0.2, -0.15) is 0 Å². The first-order chi connectivity index (χ1) is 6.75. The summed E-state index contributed by atoms with van der Waals surface area (Å²) in [5.41, 5.74) is 0. The fraction of sp³-hybridized carbons (Fsp3) is 0.400. The van der Waals surface area contributed by atoms with Crippen molar-refractivity contribution in [2.24, 2.45) is 0 Å². The summed E-state index contributed by atoms with van der Waals surface area (Å²) in [6.07, 6.45) is 0.709. The standard InChI is InChI=1S/C10H12ClFO2/c1-13-6-3-7-14-10-8(11)4-2-5-9(10)12/h2,4-5H,3,6-7H2,1H3. The van der Waals surface area contributed by atoms with Crippen LogP contribution in [0.15, 0.2) is 18.2 Å². The molecule has 4 heteroatoms. The molecule has 2 nitrogen and oxygen atoms in total.